The van der Waals surface area contributed by atoms with E-state index in [9.17, 15) is 13.2 Å². The second-order valence-corrected chi connectivity index (χ2v) is 12.0. The summed E-state index contributed by atoms with van der Waals surface area (Å²) in [6, 6.07) is 12.9. The van der Waals surface area contributed by atoms with Crippen LogP contribution in [0.3, 0.4) is 0 Å². The number of H-pyrrole nitrogens is 1. The van der Waals surface area contributed by atoms with Gasteiger partial charge < -0.3 is 16.0 Å². The van der Waals surface area contributed by atoms with Gasteiger partial charge in [-0.05, 0) is 79.0 Å². The van der Waals surface area contributed by atoms with Crippen LogP contribution in [0.1, 0.15) is 73.9 Å². The highest BCUT2D eigenvalue weighted by atomic mass is 32.2. The molecule has 1 saturated heterocycles. The van der Waals surface area contributed by atoms with Crippen molar-refractivity contribution in [1.82, 2.24) is 14.6 Å². The largest absolute Gasteiger partial charge is 0.366 e. The minimum Gasteiger partial charge on any atom is -0.366 e. The van der Waals surface area contributed by atoms with E-state index < -0.39 is 15.9 Å². The number of hydrogen-bond donors (Lipinski definition) is 3. The monoisotopic (exact) mass is 510 g/mol. The van der Waals surface area contributed by atoms with Crippen LogP contribution in [-0.2, 0) is 16.6 Å². The lowest BCUT2D eigenvalue weighted by molar-refractivity contribution is 0.100. The summed E-state index contributed by atoms with van der Waals surface area (Å²) in [5.74, 6) is -0.123. The standard InChI is InChI=1S/C28H38N4O3S/c1-4-23(5-2)30-17-19-8-7-9-21(14-19)22-15-24-26(18-31-27(24)25(16-22)28(29)33)20-10-12-32(13-11-20)36(34,35)6-3/h7-9,14-16,18,20,23,30-31H,4-6,10-13,17H2,1-3H3,(H2,29,33). The minimum atomic E-state index is -3.18. The van der Waals surface area contributed by atoms with E-state index in [4.69, 9.17) is 5.73 Å². The Kier molecular flexibility index (Phi) is 8.17. The van der Waals surface area contributed by atoms with E-state index in [1.165, 1.54) is 5.56 Å². The summed E-state index contributed by atoms with van der Waals surface area (Å²) >= 11 is 0. The molecule has 1 aromatic heterocycles. The quantitative estimate of drug-likeness (QED) is 0.366. The second kappa shape index (κ2) is 11.2. The molecule has 1 amide bonds. The molecule has 194 valence electrons. The number of hydrogen-bond acceptors (Lipinski definition) is 4. The maximum Gasteiger partial charge on any atom is 0.250 e. The van der Waals surface area contributed by atoms with E-state index in [0.717, 1.165) is 59.8 Å². The van der Waals surface area contributed by atoms with E-state index in [1.807, 2.05) is 12.3 Å². The van der Waals surface area contributed by atoms with Gasteiger partial charge in [-0.3, -0.25) is 4.79 Å². The molecule has 3 aromatic rings. The highest BCUT2D eigenvalue weighted by molar-refractivity contribution is 7.89. The second-order valence-electron chi connectivity index (χ2n) is 9.72. The van der Waals surface area contributed by atoms with E-state index in [1.54, 1.807) is 11.2 Å². The SMILES string of the molecule is CCC(CC)NCc1cccc(-c2cc(C(N)=O)c3[nH]cc(C4CCN(S(=O)(=O)CC)CC4)c3c2)c1. The number of fused-ring (bicyclic) bond motifs is 1. The molecule has 0 aliphatic carbocycles. The molecular formula is C28H38N4O3S. The summed E-state index contributed by atoms with van der Waals surface area (Å²) in [5.41, 5.74) is 11.3. The van der Waals surface area contributed by atoms with Gasteiger partial charge in [0.1, 0.15) is 0 Å². The topological polar surface area (TPSA) is 108 Å². The molecule has 1 aliphatic rings. The fraction of sp³-hybridized carbons (Fsp3) is 0.464. The van der Waals surface area contributed by atoms with Crippen molar-refractivity contribution < 1.29 is 13.2 Å². The Morgan fingerprint density at radius 2 is 1.83 bits per heavy atom. The number of carbonyl (C=O) groups is 1. The molecule has 1 aliphatic heterocycles. The summed E-state index contributed by atoms with van der Waals surface area (Å²) < 4.78 is 26.2. The van der Waals surface area contributed by atoms with Crippen LogP contribution < -0.4 is 11.1 Å². The molecular weight excluding hydrogens is 472 g/mol. The van der Waals surface area contributed by atoms with Gasteiger partial charge in [0.25, 0.3) is 5.91 Å². The number of piperidine rings is 1. The van der Waals surface area contributed by atoms with Crippen LogP contribution in [-0.4, -0.2) is 48.5 Å². The summed E-state index contributed by atoms with van der Waals surface area (Å²) in [5, 5.41) is 4.60. The summed E-state index contributed by atoms with van der Waals surface area (Å²) in [7, 11) is -3.18. The molecule has 8 heteroatoms. The molecule has 2 heterocycles. The van der Waals surface area contributed by atoms with Crippen LogP contribution >= 0.6 is 0 Å². The van der Waals surface area contributed by atoms with Crippen LogP contribution in [0.25, 0.3) is 22.0 Å². The van der Waals surface area contributed by atoms with Crippen LogP contribution in [0.2, 0.25) is 0 Å². The molecule has 7 nitrogen and oxygen atoms in total. The molecule has 0 unspecified atom stereocenters. The first-order chi connectivity index (χ1) is 17.3. The third kappa shape index (κ3) is 5.51. The van der Waals surface area contributed by atoms with Gasteiger partial charge in [0.05, 0.1) is 16.8 Å². The lowest BCUT2D eigenvalue weighted by Gasteiger charge is -2.31. The molecule has 0 radical (unpaired) electrons. The Morgan fingerprint density at radius 3 is 2.47 bits per heavy atom. The van der Waals surface area contributed by atoms with E-state index in [0.29, 0.717) is 24.7 Å². The first kappa shape index (κ1) is 26.4. The molecule has 4 N–H and O–H groups in total. The maximum atomic E-state index is 12.4. The number of sulfonamides is 1. The van der Waals surface area contributed by atoms with Crippen molar-refractivity contribution in [2.24, 2.45) is 5.73 Å². The van der Waals surface area contributed by atoms with Gasteiger partial charge in [0.2, 0.25) is 10.0 Å². The number of nitrogens with two attached hydrogens (primary N) is 1. The lowest BCUT2D eigenvalue weighted by Crippen LogP contribution is -2.38. The fourth-order valence-electron chi connectivity index (χ4n) is 5.28. The van der Waals surface area contributed by atoms with Gasteiger partial charge in [-0.1, -0.05) is 32.0 Å². The zero-order chi connectivity index (χ0) is 25.9. The van der Waals surface area contributed by atoms with Crippen molar-refractivity contribution >= 4 is 26.8 Å². The van der Waals surface area contributed by atoms with Crippen LogP contribution in [0, 0.1) is 0 Å². The third-order valence-corrected chi connectivity index (χ3v) is 9.46. The number of nitrogens with zero attached hydrogens (tertiary/aromatic N) is 1. The number of carbonyl (C=O) groups excluding carboxylic acids is 1. The highest BCUT2D eigenvalue weighted by Crippen LogP contribution is 2.37. The number of amides is 1. The molecule has 0 saturated carbocycles. The van der Waals surface area contributed by atoms with Gasteiger partial charge in [0, 0.05) is 37.3 Å². The fourth-order valence-corrected chi connectivity index (χ4v) is 6.41. The van der Waals surface area contributed by atoms with Gasteiger partial charge in [0.15, 0.2) is 0 Å². The molecule has 1 fully saturated rings. The first-order valence-electron chi connectivity index (χ1n) is 13.0. The Labute approximate surface area is 214 Å². The predicted octanol–water partition coefficient (Wildman–Crippen LogP) is 4.74. The van der Waals surface area contributed by atoms with Crippen molar-refractivity contribution in [2.45, 2.75) is 65.0 Å². The summed E-state index contributed by atoms with van der Waals surface area (Å²) in [4.78, 5) is 15.7. The number of rotatable bonds is 10. The number of nitrogens with one attached hydrogen (secondary N) is 2. The minimum absolute atomic E-state index is 0.127. The molecule has 2 aromatic carbocycles. The third-order valence-electron chi connectivity index (χ3n) is 7.58. The zero-order valence-corrected chi connectivity index (χ0v) is 22.3. The Bertz CT molecular complexity index is 1320. The molecule has 0 bridgehead atoms. The summed E-state index contributed by atoms with van der Waals surface area (Å²) in [6.45, 7) is 7.89. The Balaban J connectivity index is 1.66. The average Bonchev–Trinajstić information content (AvgIpc) is 3.33. The normalized spacial score (nSPS) is 15.7. The van der Waals surface area contributed by atoms with E-state index in [2.05, 4.69) is 54.5 Å². The highest BCUT2D eigenvalue weighted by Gasteiger charge is 2.29. The lowest BCUT2D eigenvalue weighted by atomic mass is 9.88. The van der Waals surface area contributed by atoms with Crippen molar-refractivity contribution in [2.75, 3.05) is 18.8 Å². The molecule has 36 heavy (non-hydrogen) atoms. The molecule has 4 rings (SSSR count). The molecule has 0 atom stereocenters. The van der Waals surface area contributed by atoms with Gasteiger partial charge in [-0.2, -0.15) is 0 Å². The van der Waals surface area contributed by atoms with Gasteiger partial charge in [-0.25, -0.2) is 12.7 Å². The number of aromatic nitrogens is 1. The zero-order valence-electron chi connectivity index (χ0n) is 21.5. The van der Waals surface area contributed by atoms with Crippen molar-refractivity contribution in [3.63, 3.8) is 0 Å². The van der Waals surface area contributed by atoms with Crippen LogP contribution in [0.4, 0.5) is 0 Å². The maximum absolute atomic E-state index is 12.4. The van der Waals surface area contributed by atoms with Gasteiger partial charge >= 0.3 is 0 Å². The van der Waals surface area contributed by atoms with Gasteiger partial charge in [-0.15, -0.1) is 0 Å². The van der Waals surface area contributed by atoms with E-state index in [-0.39, 0.29) is 11.7 Å². The predicted molar refractivity (Wildman–Crippen MR) is 146 cm³/mol. The Morgan fingerprint density at radius 1 is 1.11 bits per heavy atom. The van der Waals surface area contributed by atoms with Crippen molar-refractivity contribution in [3.05, 3.63) is 59.3 Å². The van der Waals surface area contributed by atoms with Crippen LogP contribution in [0.15, 0.2) is 42.6 Å². The number of primary amides is 1. The number of benzene rings is 2. The first-order valence-corrected chi connectivity index (χ1v) is 14.6. The van der Waals surface area contributed by atoms with E-state index >= 15 is 0 Å². The Hall–Kier alpha value is -2.68. The number of aromatic amines is 1. The molecule has 0 spiro atoms. The van der Waals surface area contributed by atoms with Crippen molar-refractivity contribution in [1.29, 1.82) is 0 Å². The van der Waals surface area contributed by atoms with Crippen LogP contribution in [0.5, 0.6) is 0 Å². The average molecular weight is 511 g/mol. The van der Waals surface area contributed by atoms with Crippen molar-refractivity contribution in [3.8, 4) is 11.1 Å². The smallest absolute Gasteiger partial charge is 0.250 e. The summed E-state index contributed by atoms with van der Waals surface area (Å²) in [6.07, 6.45) is 5.65.